The average molecular weight is 416 g/mol. The van der Waals surface area contributed by atoms with Crippen LogP contribution in [0.5, 0.6) is 11.5 Å². The largest absolute Gasteiger partial charge is 0.493 e. The molecule has 0 aliphatic carbocycles. The Kier molecular flexibility index (Phi) is 7.61. The lowest BCUT2D eigenvalue weighted by Gasteiger charge is -2.16. The highest BCUT2D eigenvalue weighted by Gasteiger charge is 2.11. The van der Waals surface area contributed by atoms with Crippen molar-refractivity contribution in [3.63, 3.8) is 0 Å². The number of halogens is 2. The molecule has 1 N–H and O–H groups in total. The number of benzene rings is 3. The van der Waals surface area contributed by atoms with Gasteiger partial charge in [0.1, 0.15) is 6.61 Å². The molecule has 146 valence electrons. The summed E-state index contributed by atoms with van der Waals surface area (Å²) in [6, 6.07) is 21.8. The summed E-state index contributed by atoms with van der Waals surface area (Å²) >= 11 is 12.1. The van der Waals surface area contributed by atoms with Crippen molar-refractivity contribution in [1.29, 1.82) is 0 Å². The highest BCUT2D eigenvalue weighted by molar-refractivity contribution is 6.42. The third-order valence-corrected chi connectivity index (χ3v) is 5.14. The van der Waals surface area contributed by atoms with Gasteiger partial charge < -0.3 is 14.8 Å². The highest BCUT2D eigenvalue weighted by Crippen LogP contribution is 2.32. The van der Waals surface area contributed by atoms with Gasteiger partial charge in [-0.1, -0.05) is 71.7 Å². The van der Waals surface area contributed by atoms with E-state index in [4.69, 9.17) is 32.7 Å². The van der Waals surface area contributed by atoms with Crippen LogP contribution in [0.25, 0.3) is 0 Å². The van der Waals surface area contributed by atoms with E-state index in [9.17, 15) is 0 Å². The van der Waals surface area contributed by atoms with Gasteiger partial charge in [0.05, 0.1) is 17.2 Å². The Morgan fingerprint density at radius 3 is 2.43 bits per heavy atom. The second-order valence-electron chi connectivity index (χ2n) is 6.40. The molecule has 0 aliphatic rings. The van der Waals surface area contributed by atoms with Crippen molar-refractivity contribution < 1.29 is 9.47 Å². The van der Waals surface area contributed by atoms with Crippen molar-refractivity contribution in [1.82, 2.24) is 5.32 Å². The summed E-state index contributed by atoms with van der Waals surface area (Å²) in [6.45, 7) is 1.96. The Bertz CT molecular complexity index is 900. The molecule has 3 aromatic rings. The molecule has 3 nitrogen and oxygen atoms in total. The zero-order valence-electron chi connectivity index (χ0n) is 15.8. The molecule has 0 unspecified atom stereocenters. The molecule has 28 heavy (non-hydrogen) atoms. The maximum atomic E-state index is 6.10. The highest BCUT2D eigenvalue weighted by atomic mass is 35.5. The van der Waals surface area contributed by atoms with Crippen LogP contribution in [0.15, 0.2) is 66.7 Å². The Morgan fingerprint density at radius 1 is 0.857 bits per heavy atom. The van der Waals surface area contributed by atoms with Crippen LogP contribution in [-0.2, 0) is 19.6 Å². The van der Waals surface area contributed by atoms with E-state index in [1.165, 1.54) is 5.56 Å². The normalized spacial score (nSPS) is 10.7. The molecule has 0 atom stereocenters. The smallest absolute Gasteiger partial charge is 0.166 e. The summed E-state index contributed by atoms with van der Waals surface area (Å²) in [7, 11) is 1.65. The van der Waals surface area contributed by atoms with Crippen LogP contribution in [0.2, 0.25) is 10.0 Å². The predicted octanol–water partition coefficient (Wildman–Crippen LogP) is 5.91. The van der Waals surface area contributed by atoms with E-state index < -0.39 is 0 Å². The first-order valence-corrected chi connectivity index (χ1v) is 9.90. The van der Waals surface area contributed by atoms with E-state index >= 15 is 0 Å². The second-order valence-corrected chi connectivity index (χ2v) is 7.21. The lowest BCUT2D eigenvalue weighted by Crippen LogP contribution is -2.17. The minimum Gasteiger partial charge on any atom is -0.493 e. The van der Waals surface area contributed by atoms with Crippen LogP contribution in [-0.4, -0.2) is 13.7 Å². The van der Waals surface area contributed by atoms with Gasteiger partial charge in [-0.25, -0.2) is 0 Å². The Labute approximate surface area is 176 Å². The molecule has 0 fully saturated rings. The van der Waals surface area contributed by atoms with Gasteiger partial charge in [-0.15, -0.1) is 0 Å². The SMILES string of the molecule is COc1cccc(CNCCc2ccccc2)c1OCc1ccc(Cl)c(Cl)c1. The van der Waals surface area contributed by atoms with Crippen molar-refractivity contribution in [2.45, 2.75) is 19.6 Å². The number of nitrogens with one attached hydrogen (secondary N) is 1. The molecule has 3 aromatic carbocycles. The van der Waals surface area contributed by atoms with Gasteiger partial charge in [-0.05, 0) is 42.3 Å². The summed E-state index contributed by atoms with van der Waals surface area (Å²) in [5.74, 6) is 1.45. The fraction of sp³-hybridized carbons (Fsp3) is 0.217. The van der Waals surface area contributed by atoms with Gasteiger partial charge in [0.2, 0.25) is 0 Å². The van der Waals surface area contributed by atoms with E-state index in [2.05, 4.69) is 29.6 Å². The molecule has 0 aromatic heterocycles. The van der Waals surface area contributed by atoms with Gasteiger partial charge in [0, 0.05) is 12.1 Å². The second kappa shape index (κ2) is 10.4. The maximum Gasteiger partial charge on any atom is 0.166 e. The summed E-state index contributed by atoms with van der Waals surface area (Å²) in [6.07, 6.45) is 0.976. The molecule has 5 heteroatoms. The van der Waals surface area contributed by atoms with Crippen molar-refractivity contribution >= 4 is 23.2 Å². The van der Waals surface area contributed by atoms with E-state index in [-0.39, 0.29) is 0 Å². The van der Waals surface area contributed by atoms with Crippen LogP contribution < -0.4 is 14.8 Å². The van der Waals surface area contributed by atoms with Crippen molar-refractivity contribution in [3.8, 4) is 11.5 Å². The maximum absolute atomic E-state index is 6.10. The summed E-state index contributed by atoms with van der Waals surface area (Å²) in [4.78, 5) is 0. The fourth-order valence-electron chi connectivity index (χ4n) is 2.91. The molecule has 0 spiro atoms. The lowest BCUT2D eigenvalue weighted by atomic mass is 10.1. The summed E-state index contributed by atoms with van der Waals surface area (Å²) in [5, 5.41) is 4.53. The number of methoxy groups -OCH3 is 1. The Balaban J connectivity index is 1.63. The van der Waals surface area contributed by atoms with Gasteiger partial charge >= 0.3 is 0 Å². The number of rotatable bonds is 9. The third kappa shape index (κ3) is 5.65. The molecule has 0 bridgehead atoms. The Hall–Kier alpha value is -2.20. The quantitative estimate of drug-likeness (QED) is 0.440. The van der Waals surface area contributed by atoms with Gasteiger partial charge in [-0.2, -0.15) is 0 Å². The molecule has 0 amide bonds. The van der Waals surface area contributed by atoms with Gasteiger partial charge in [0.25, 0.3) is 0 Å². The zero-order valence-corrected chi connectivity index (χ0v) is 17.3. The third-order valence-electron chi connectivity index (χ3n) is 4.40. The first-order chi connectivity index (χ1) is 13.7. The predicted molar refractivity (Wildman–Crippen MR) is 116 cm³/mol. The van der Waals surface area contributed by atoms with Crippen LogP contribution >= 0.6 is 23.2 Å². The first kappa shape index (κ1) is 20.5. The summed E-state index contributed by atoms with van der Waals surface area (Å²) in [5.41, 5.74) is 3.31. The molecule has 0 aliphatic heterocycles. The van der Waals surface area contributed by atoms with E-state index in [0.29, 0.717) is 28.9 Å². The topological polar surface area (TPSA) is 30.5 Å². The molecular weight excluding hydrogens is 393 g/mol. The van der Waals surface area contributed by atoms with E-state index in [0.717, 1.165) is 29.8 Å². The molecule has 0 radical (unpaired) electrons. The number of ether oxygens (including phenoxy) is 2. The molecule has 0 heterocycles. The standard InChI is InChI=1S/C23H23Cl2NO2/c1-27-22-9-5-8-19(15-26-13-12-17-6-3-2-4-7-17)23(22)28-16-18-10-11-20(24)21(25)14-18/h2-11,14,26H,12-13,15-16H2,1H3. The van der Waals surface area contributed by atoms with Gasteiger partial charge in [-0.3, -0.25) is 0 Å². The minimum absolute atomic E-state index is 0.383. The van der Waals surface area contributed by atoms with Crippen LogP contribution in [0.3, 0.4) is 0 Å². The monoisotopic (exact) mass is 415 g/mol. The van der Waals surface area contributed by atoms with Crippen LogP contribution in [0.1, 0.15) is 16.7 Å². The molecule has 0 saturated carbocycles. The summed E-state index contributed by atoms with van der Waals surface area (Å²) < 4.78 is 11.6. The average Bonchev–Trinajstić information content (AvgIpc) is 2.73. The number of para-hydroxylation sites is 1. The first-order valence-electron chi connectivity index (χ1n) is 9.14. The van der Waals surface area contributed by atoms with E-state index in [1.807, 2.05) is 36.4 Å². The van der Waals surface area contributed by atoms with Crippen molar-refractivity contribution in [2.75, 3.05) is 13.7 Å². The minimum atomic E-state index is 0.383. The lowest BCUT2D eigenvalue weighted by molar-refractivity contribution is 0.280. The zero-order chi connectivity index (χ0) is 19.8. The van der Waals surface area contributed by atoms with E-state index in [1.54, 1.807) is 13.2 Å². The van der Waals surface area contributed by atoms with Crippen LogP contribution in [0, 0.1) is 0 Å². The number of hydrogen-bond acceptors (Lipinski definition) is 3. The van der Waals surface area contributed by atoms with Gasteiger partial charge in [0.15, 0.2) is 11.5 Å². The molecule has 3 rings (SSSR count). The fourth-order valence-corrected chi connectivity index (χ4v) is 3.23. The molecule has 0 saturated heterocycles. The van der Waals surface area contributed by atoms with Crippen molar-refractivity contribution in [2.24, 2.45) is 0 Å². The molecular formula is C23H23Cl2NO2. The van der Waals surface area contributed by atoms with Crippen molar-refractivity contribution in [3.05, 3.63) is 93.5 Å². The Morgan fingerprint density at radius 2 is 1.68 bits per heavy atom. The van der Waals surface area contributed by atoms with Crippen LogP contribution in [0.4, 0.5) is 0 Å². The number of hydrogen-bond donors (Lipinski definition) is 1.